The molecule has 1 amide bonds. The number of benzene rings is 2. The van der Waals surface area contributed by atoms with E-state index in [1.165, 1.54) is 11.0 Å². The van der Waals surface area contributed by atoms with E-state index in [1.54, 1.807) is 0 Å². The van der Waals surface area contributed by atoms with E-state index in [1.807, 2.05) is 31.2 Å². The fourth-order valence-corrected chi connectivity index (χ4v) is 2.91. The van der Waals surface area contributed by atoms with Crippen molar-refractivity contribution in [1.29, 1.82) is 0 Å². The van der Waals surface area contributed by atoms with Crippen molar-refractivity contribution in [2.45, 2.75) is 20.0 Å². The van der Waals surface area contributed by atoms with Gasteiger partial charge in [0, 0.05) is 6.07 Å². The Hall–Kier alpha value is -3.95. The molecule has 0 fully saturated rings. The van der Waals surface area contributed by atoms with Crippen LogP contribution in [-0.4, -0.2) is 30.5 Å². The largest absolute Gasteiger partial charge is 0.322 e. The van der Waals surface area contributed by atoms with Gasteiger partial charge in [0.2, 0.25) is 5.91 Å². The minimum atomic E-state index is -0.914. The lowest BCUT2D eigenvalue weighted by Gasteiger charge is -2.08. The lowest BCUT2D eigenvalue weighted by molar-refractivity contribution is -0.116. The number of amides is 1. The van der Waals surface area contributed by atoms with Crippen LogP contribution in [0.25, 0.3) is 11.2 Å². The Labute approximate surface area is 168 Å². The van der Waals surface area contributed by atoms with E-state index in [4.69, 9.17) is 0 Å². The summed E-state index contributed by atoms with van der Waals surface area (Å²) in [5.41, 5.74) is 1.67. The second-order valence-corrected chi connectivity index (χ2v) is 6.75. The molecule has 10 heteroatoms. The summed E-state index contributed by atoms with van der Waals surface area (Å²) in [5.74, 6) is -2.34. The summed E-state index contributed by atoms with van der Waals surface area (Å²) >= 11 is 0. The van der Waals surface area contributed by atoms with Crippen molar-refractivity contribution in [3.8, 4) is 0 Å². The third-order valence-electron chi connectivity index (χ3n) is 4.46. The number of nitrogens with one attached hydrogen (secondary N) is 1. The minimum absolute atomic E-state index is 0.0189. The quantitative estimate of drug-likeness (QED) is 0.545. The summed E-state index contributed by atoms with van der Waals surface area (Å²) in [4.78, 5) is 29.0. The molecular formula is C20H16F2N6O2. The van der Waals surface area contributed by atoms with E-state index in [-0.39, 0.29) is 11.2 Å². The van der Waals surface area contributed by atoms with Gasteiger partial charge < -0.3 is 5.32 Å². The van der Waals surface area contributed by atoms with Gasteiger partial charge in [-0.05, 0) is 24.6 Å². The van der Waals surface area contributed by atoms with Gasteiger partial charge in [-0.2, -0.15) is 0 Å². The average molecular weight is 410 g/mol. The summed E-state index contributed by atoms with van der Waals surface area (Å²) < 4.78 is 29.2. The number of carbonyl (C=O) groups excluding carboxylic acids is 1. The molecule has 8 nitrogen and oxygen atoms in total. The zero-order valence-electron chi connectivity index (χ0n) is 15.8. The Morgan fingerprint density at radius 2 is 1.90 bits per heavy atom. The molecule has 4 rings (SSSR count). The molecule has 2 aromatic carbocycles. The Morgan fingerprint density at radius 1 is 1.13 bits per heavy atom. The van der Waals surface area contributed by atoms with Gasteiger partial charge in [-0.25, -0.2) is 18.4 Å². The molecule has 2 heterocycles. The van der Waals surface area contributed by atoms with E-state index < -0.39 is 29.6 Å². The van der Waals surface area contributed by atoms with Gasteiger partial charge in [0.1, 0.15) is 24.5 Å². The lowest BCUT2D eigenvalue weighted by Crippen LogP contribution is -2.28. The molecule has 0 saturated carbocycles. The first kappa shape index (κ1) is 19.4. The number of halogens is 2. The topological polar surface area (TPSA) is 94.7 Å². The first-order valence-corrected chi connectivity index (χ1v) is 9.00. The van der Waals surface area contributed by atoms with Crippen molar-refractivity contribution in [3.05, 3.63) is 81.9 Å². The summed E-state index contributed by atoms with van der Waals surface area (Å²) in [6, 6.07) is 10.6. The zero-order valence-corrected chi connectivity index (χ0v) is 15.8. The molecular weight excluding hydrogens is 394 g/mol. The fourth-order valence-electron chi connectivity index (χ4n) is 2.91. The van der Waals surface area contributed by atoms with Crippen LogP contribution in [0.2, 0.25) is 0 Å². The predicted octanol–water partition coefficient (Wildman–Crippen LogP) is 2.26. The van der Waals surface area contributed by atoms with Gasteiger partial charge >= 0.3 is 0 Å². The number of rotatable bonds is 5. The highest BCUT2D eigenvalue weighted by Crippen LogP contribution is 2.15. The Balaban J connectivity index is 1.54. The van der Waals surface area contributed by atoms with Crippen LogP contribution >= 0.6 is 0 Å². The second-order valence-electron chi connectivity index (χ2n) is 6.75. The SMILES string of the molecule is Cc1ccc(Cn2nnc3c(=O)n(CC(=O)Nc4ccc(F)cc4F)cnc32)cc1. The first-order chi connectivity index (χ1) is 14.4. The number of fused-ring (bicyclic) bond motifs is 1. The molecule has 0 radical (unpaired) electrons. The highest BCUT2D eigenvalue weighted by Gasteiger charge is 2.15. The first-order valence-electron chi connectivity index (χ1n) is 9.00. The average Bonchev–Trinajstić information content (AvgIpc) is 3.11. The van der Waals surface area contributed by atoms with Crippen LogP contribution in [0, 0.1) is 18.6 Å². The summed E-state index contributed by atoms with van der Waals surface area (Å²) in [5, 5.41) is 10.2. The molecule has 0 aliphatic carbocycles. The van der Waals surface area contributed by atoms with Crippen molar-refractivity contribution in [2.24, 2.45) is 0 Å². The van der Waals surface area contributed by atoms with Gasteiger partial charge in [0.15, 0.2) is 11.2 Å². The van der Waals surface area contributed by atoms with E-state index >= 15 is 0 Å². The molecule has 0 atom stereocenters. The number of aryl methyl sites for hydroxylation is 1. The van der Waals surface area contributed by atoms with Crippen LogP contribution in [0.4, 0.5) is 14.5 Å². The van der Waals surface area contributed by atoms with Crippen LogP contribution in [0.3, 0.4) is 0 Å². The predicted molar refractivity (Wildman–Crippen MR) is 105 cm³/mol. The molecule has 0 spiro atoms. The molecule has 152 valence electrons. The van der Waals surface area contributed by atoms with Crippen LogP contribution in [-0.2, 0) is 17.9 Å². The third-order valence-corrected chi connectivity index (χ3v) is 4.46. The molecule has 4 aromatic rings. The van der Waals surface area contributed by atoms with Gasteiger partial charge in [0.05, 0.1) is 12.2 Å². The Morgan fingerprint density at radius 3 is 2.63 bits per heavy atom. The highest BCUT2D eigenvalue weighted by molar-refractivity contribution is 5.90. The van der Waals surface area contributed by atoms with Crippen molar-refractivity contribution in [1.82, 2.24) is 24.5 Å². The van der Waals surface area contributed by atoms with Gasteiger partial charge in [-0.1, -0.05) is 35.0 Å². The molecule has 0 aliphatic rings. The molecule has 2 aromatic heterocycles. The van der Waals surface area contributed by atoms with Crippen LogP contribution in [0.5, 0.6) is 0 Å². The Kier molecular flexibility index (Phi) is 5.05. The maximum atomic E-state index is 13.7. The standard InChI is InChI=1S/C20H16F2N6O2/c1-12-2-4-13(5-3-12)9-28-19-18(25-26-28)20(30)27(11-23-19)10-17(29)24-16-7-6-14(21)8-15(16)22/h2-8,11H,9-10H2,1H3,(H,24,29). The van der Waals surface area contributed by atoms with E-state index in [0.29, 0.717) is 18.3 Å². The lowest BCUT2D eigenvalue weighted by atomic mass is 10.1. The molecule has 0 saturated heterocycles. The molecule has 30 heavy (non-hydrogen) atoms. The van der Waals surface area contributed by atoms with Gasteiger partial charge in [-0.15, -0.1) is 5.10 Å². The highest BCUT2D eigenvalue weighted by atomic mass is 19.1. The Bertz CT molecular complexity index is 1300. The number of aromatic nitrogens is 5. The summed E-state index contributed by atoms with van der Waals surface area (Å²) in [6.07, 6.45) is 1.21. The number of anilines is 1. The maximum absolute atomic E-state index is 13.7. The normalized spacial score (nSPS) is 11.0. The monoisotopic (exact) mass is 410 g/mol. The third kappa shape index (κ3) is 3.93. The van der Waals surface area contributed by atoms with E-state index in [0.717, 1.165) is 27.8 Å². The van der Waals surface area contributed by atoms with E-state index in [2.05, 4.69) is 20.6 Å². The van der Waals surface area contributed by atoms with Crippen LogP contribution in [0.15, 0.2) is 53.6 Å². The van der Waals surface area contributed by atoms with Crippen molar-refractivity contribution >= 4 is 22.8 Å². The minimum Gasteiger partial charge on any atom is -0.322 e. The molecule has 1 N–H and O–H groups in total. The molecule has 0 aliphatic heterocycles. The maximum Gasteiger partial charge on any atom is 0.283 e. The van der Waals surface area contributed by atoms with Gasteiger partial charge in [-0.3, -0.25) is 14.2 Å². The zero-order chi connectivity index (χ0) is 21.3. The van der Waals surface area contributed by atoms with Crippen molar-refractivity contribution < 1.29 is 13.6 Å². The van der Waals surface area contributed by atoms with Gasteiger partial charge in [0.25, 0.3) is 5.56 Å². The fraction of sp³-hybridized carbons (Fsp3) is 0.150. The number of hydrogen-bond donors (Lipinski definition) is 1. The smallest absolute Gasteiger partial charge is 0.283 e. The molecule has 0 bridgehead atoms. The second kappa shape index (κ2) is 7.82. The van der Waals surface area contributed by atoms with Crippen molar-refractivity contribution in [3.63, 3.8) is 0 Å². The number of nitrogens with zero attached hydrogens (tertiary/aromatic N) is 5. The molecule has 0 unspecified atom stereocenters. The van der Waals surface area contributed by atoms with Crippen LogP contribution in [0.1, 0.15) is 11.1 Å². The number of carbonyl (C=O) groups is 1. The van der Waals surface area contributed by atoms with E-state index in [9.17, 15) is 18.4 Å². The van der Waals surface area contributed by atoms with Crippen LogP contribution < -0.4 is 10.9 Å². The number of hydrogen-bond acceptors (Lipinski definition) is 5. The summed E-state index contributed by atoms with van der Waals surface area (Å²) in [6.45, 7) is 1.96. The summed E-state index contributed by atoms with van der Waals surface area (Å²) in [7, 11) is 0. The van der Waals surface area contributed by atoms with Crippen molar-refractivity contribution in [2.75, 3.05) is 5.32 Å².